The van der Waals surface area contributed by atoms with Gasteiger partial charge in [-0.3, -0.25) is 0 Å². The maximum Gasteiger partial charge on any atom is 0.244 e. The first-order chi connectivity index (χ1) is 8.84. The van der Waals surface area contributed by atoms with E-state index in [1.807, 2.05) is 0 Å². The summed E-state index contributed by atoms with van der Waals surface area (Å²) in [6.07, 6.45) is 1.62. The molecule has 6 nitrogen and oxygen atoms in total. The van der Waals surface area contributed by atoms with Gasteiger partial charge in [0.1, 0.15) is 4.90 Å². The van der Waals surface area contributed by atoms with Crippen LogP contribution in [0.5, 0.6) is 0 Å². The second kappa shape index (κ2) is 4.95. The van der Waals surface area contributed by atoms with Crippen molar-refractivity contribution >= 4 is 31.8 Å². The van der Waals surface area contributed by atoms with Gasteiger partial charge in [0.2, 0.25) is 10.0 Å². The lowest BCUT2D eigenvalue weighted by Crippen LogP contribution is -2.23. The number of benzene rings is 1. The third-order valence-corrected chi connectivity index (χ3v) is 5.04. The van der Waals surface area contributed by atoms with Crippen LogP contribution in [0, 0.1) is 0 Å². The van der Waals surface area contributed by atoms with E-state index in [-0.39, 0.29) is 4.90 Å². The highest BCUT2D eigenvalue weighted by atomic mass is 79.9. The summed E-state index contributed by atoms with van der Waals surface area (Å²) in [4.78, 5) is 0.176. The first-order valence-electron chi connectivity index (χ1n) is 5.36. The van der Waals surface area contributed by atoms with Gasteiger partial charge in [-0.25, -0.2) is 17.4 Å². The molecule has 1 heterocycles. The van der Waals surface area contributed by atoms with Gasteiger partial charge in [0.25, 0.3) is 0 Å². The average Bonchev–Trinajstić information content (AvgIpc) is 2.69. The Hall–Kier alpha value is -1.38. The first kappa shape index (κ1) is 14.0. The van der Waals surface area contributed by atoms with E-state index >= 15 is 0 Å². The molecule has 0 amide bonds. The Morgan fingerprint density at radius 2 is 1.95 bits per heavy atom. The highest BCUT2D eigenvalue weighted by molar-refractivity contribution is 9.10. The molecular weight excluding hydrogens is 332 g/mol. The van der Waals surface area contributed by atoms with Crippen molar-refractivity contribution in [3.63, 3.8) is 0 Å². The Morgan fingerprint density at radius 1 is 1.32 bits per heavy atom. The zero-order valence-corrected chi connectivity index (χ0v) is 12.8. The van der Waals surface area contributed by atoms with E-state index in [1.54, 1.807) is 24.4 Å². The topological polar surface area (TPSA) is 81.2 Å². The normalized spacial score (nSPS) is 12.0. The molecule has 2 aromatic rings. The summed E-state index contributed by atoms with van der Waals surface area (Å²) in [6, 6.07) is 6.63. The van der Waals surface area contributed by atoms with Crippen LogP contribution in [0.4, 0.5) is 5.82 Å². The molecular formula is C11H13BrN4O2S. The summed E-state index contributed by atoms with van der Waals surface area (Å²) >= 11 is 3.25. The molecule has 0 fully saturated rings. The van der Waals surface area contributed by atoms with Crippen molar-refractivity contribution in [2.45, 2.75) is 4.90 Å². The van der Waals surface area contributed by atoms with Crippen molar-refractivity contribution in [2.75, 3.05) is 19.8 Å². The lowest BCUT2D eigenvalue weighted by molar-refractivity contribution is 0.520. The quantitative estimate of drug-likeness (QED) is 0.913. The van der Waals surface area contributed by atoms with Gasteiger partial charge in [-0.1, -0.05) is 12.1 Å². The van der Waals surface area contributed by atoms with Gasteiger partial charge in [-0.2, -0.15) is 0 Å². The third-order valence-electron chi connectivity index (χ3n) is 2.57. The maximum absolute atomic E-state index is 12.3. The Kier molecular flexibility index (Phi) is 3.66. The summed E-state index contributed by atoms with van der Waals surface area (Å²) < 4.78 is 27.7. The average molecular weight is 345 g/mol. The van der Waals surface area contributed by atoms with Gasteiger partial charge in [0.05, 0.1) is 10.2 Å². The second-order valence-electron chi connectivity index (χ2n) is 4.06. The van der Waals surface area contributed by atoms with Crippen LogP contribution in [0.1, 0.15) is 0 Å². The number of sulfonamides is 1. The maximum atomic E-state index is 12.3. The fraction of sp³-hybridized carbons (Fsp3) is 0.182. The van der Waals surface area contributed by atoms with Gasteiger partial charge in [-0.15, -0.1) is 5.10 Å². The molecule has 0 spiro atoms. The smallest absolute Gasteiger partial charge is 0.244 e. The standard InChI is InChI=1S/C11H13BrN4O2S/c1-15(2)19(17,18)10-6-4-3-5-9(10)16-7-8(12)11(13)14-16/h3-7H,1-2H3,(H2,13,14). The summed E-state index contributed by atoms with van der Waals surface area (Å²) in [5, 5.41) is 4.08. The summed E-state index contributed by atoms with van der Waals surface area (Å²) in [5.74, 6) is 0.303. The minimum atomic E-state index is -3.54. The van der Waals surface area contributed by atoms with Crippen molar-refractivity contribution in [1.82, 2.24) is 14.1 Å². The highest BCUT2D eigenvalue weighted by Crippen LogP contribution is 2.25. The number of halogens is 1. The fourth-order valence-electron chi connectivity index (χ4n) is 1.55. The van der Waals surface area contributed by atoms with Crippen LogP contribution >= 0.6 is 15.9 Å². The molecule has 19 heavy (non-hydrogen) atoms. The Morgan fingerprint density at radius 3 is 2.47 bits per heavy atom. The van der Waals surface area contributed by atoms with E-state index in [9.17, 15) is 8.42 Å². The monoisotopic (exact) mass is 344 g/mol. The van der Waals surface area contributed by atoms with Crippen LogP contribution in [0.2, 0.25) is 0 Å². The molecule has 0 aliphatic rings. The summed E-state index contributed by atoms with van der Waals surface area (Å²) in [5.41, 5.74) is 6.11. The molecule has 0 aliphatic carbocycles. The molecule has 2 rings (SSSR count). The van der Waals surface area contributed by atoms with E-state index in [1.165, 1.54) is 24.8 Å². The van der Waals surface area contributed by atoms with E-state index in [0.29, 0.717) is 16.0 Å². The number of rotatable bonds is 3. The first-order valence-corrected chi connectivity index (χ1v) is 7.60. The van der Waals surface area contributed by atoms with Crippen LogP contribution < -0.4 is 5.73 Å². The zero-order valence-electron chi connectivity index (χ0n) is 10.4. The van der Waals surface area contributed by atoms with Gasteiger partial charge in [0, 0.05) is 20.3 Å². The number of anilines is 1. The van der Waals surface area contributed by atoms with E-state index in [0.717, 1.165) is 4.31 Å². The largest absolute Gasteiger partial charge is 0.381 e. The van der Waals surface area contributed by atoms with Crippen molar-refractivity contribution in [3.8, 4) is 5.69 Å². The molecule has 102 valence electrons. The molecule has 1 aromatic heterocycles. The Balaban J connectivity index is 2.67. The third kappa shape index (κ3) is 2.51. The number of nitrogen functional groups attached to an aromatic ring is 1. The molecule has 0 saturated carbocycles. The number of hydrogen-bond donors (Lipinski definition) is 1. The highest BCUT2D eigenvalue weighted by Gasteiger charge is 2.22. The predicted octanol–water partition coefficient (Wildman–Crippen LogP) is 1.47. The van der Waals surface area contributed by atoms with Crippen LogP contribution in [0.3, 0.4) is 0 Å². The van der Waals surface area contributed by atoms with Gasteiger partial charge in [0.15, 0.2) is 5.82 Å². The minimum Gasteiger partial charge on any atom is -0.381 e. The molecule has 0 unspecified atom stereocenters. The van der Waals surface area contributed by atoms with Crippen LogP contribution in [0.15, 0.2) is 39.8 Å². The Labute approximate surface area is 120 Å². The molecule has 2 N–H and O–H groups in total. The molecule has 8 heteroatoms. The van der Waals surface area contributed by atoms with Crippen molar-refractivity contribution in [3.05, 3.63) is 34.9 Å². The fourth-order valence-corrected chi connectivity index (χ4v) is 2.89. The lowest BCUT2D eigenvalue weighted by atomic mass is 10.3. The molecule has 1 aromatic carbocycles. The molecule has 0 saturated heterocycles. The van der Waals surface area contributed by atoms with Gasteiger partial charge < -0.3 is 5.73 Å². The number of para-hydroxylation sites is 1. The second-order valence-corrected chi connectivity index (χ2v) is 7.04. The van der Waals surface area contributed by atoms with E-state index < -0.39 is 10.0 Å². The molecule has 0 radical (unpaired) electrons. The summed E-state index contributed by atoms with van der Waals surface area (Å²) in [6.45, 7) is 0. The van der Waals surface area contributed by atoms with Gasteiger partial charge >= 0.3 is 0 Å². The van der Waals surface area contributed by atoms with Gasteiger partial charge in [-0.05, 0) is 28.1 Å². The molecule has 0 atom stereocenters. The van der Waals surface area contributed by atoms with Crippen LogP contribution in [0.25, 0.3) is 5.69 Å². The minimum absolute atomic E-state index is 0.176. The zero-order chi connectivity index (χ0) is 14.2. The number of nitrogens with zero attached hydrogens (tertiary/aromatic N) is 3. The number of nitrogens with two attached hydrogens (primary N) is 1. The predicted molar refractivity (Wildman–Crippen MR) is 76.5 cm³/mol. The number of hydrogen-bond acceptors (Lipinski definition) is 4. The van der Waals surface area contributed by atoms with E-state index in [4.69, 9.17) is 5.73 Å². The summed E-state index contributed by atoms with van der Waals surface area (Å²) in [7, 11) is -0.572. The van der Waals surface area contributed by atoms with E-state index in [2.05, 4.69) is 21.0 Å². The van der Waals surface area contributed by atoms with Crippen LogP contribution in [-0.2, 0) is 10.0 Å². The molecule has 0 bridgehead atoms. The lowest BCUT2D eigenvalue weighted by Gasteiger charge is -2.14. The van der Waals surface area contributed by atoms with Crippen molar-refractivity contribution in [1.29, 1.82) is 0 Å². The molecule has 0 aliphatic heterocycles. The van der Waals surface area contributed by atoms with Crippen LogP contribution in [-0.4, -0.2) is 36.6 Å². The SMILES string of the molecule is CN(C)S(=O)(=O)c1ccccc1-n1cc(Br)c(N)n1. The van der Waals surface area contributed by atoms with Crippen molar-refractivity contribution < 1.29 is 8.42 Å². The Bertz CT molecular complexity index is 690. The van der Waals surface area contributed by atoms with Crippen molar-refractivity contribution in [2.24, 2.45) is 0 Å². The number of aromatic nitrogens is 2.